The highest BCUT2D eigenvalue weighted by Crippen LogP contribution is 2.26. The molecule has 1 saturated heterocycles. The molecule has 1 aliphatic rings. The molecule has 0 atom stereocenters. The smallest absolute Gasteiger partial charge is 0.225 e. The summed E-state index contributed by atoms with van der Waals surface area (Å²) in [6, 6.07) is 8.59. The molecule has 0 saturated carbocycles. The van der Waals surface area contributed by atoms with Crippen molar-refractivity contribution in [3.8, 4) is 0 Å². The van der Waals surface area contributed by atoms with E-state index in [1.165, 1.54) is 11.1 Å². The number of hydrogen-bond acceptors (Lipinski definition) is 5. The third-order valence-electron chi connectivity index (χ3n) is 5.35. The molecule has 1 aromatic carbocycles. The Hall–Kier alpha value is -2.47. The summed E-state index contributed by atoms with van der Waals surface area (Å²) in [4.78, 5) is 26.1. The lowest BCUT2D eigenvalue weighted by atomic mass is 10.0. The minimum atomic E-state index is 0.0354. The molecule has 0 unspecified atom stereocenters. The van der Waals surface area contributed by atoms with E-state index in [4.69, 9.17) is 9.72 Å². The van der Waals surface area contributed by atoms with Crippen molar-refractivity contribution in [3.05, 3.63) is 52.5 Å². The van der Waals surface area contributed by atoms with E-state index >= 15 is 0 Å². The van der Waals surface area contributed by atoms with Crippen LogP contribution in [0.25, 0.3) is 0 Å². The number of ether oxygens (including phenoxy) is 1. The van der Waals surface area contributed by atoms with Crippen LogP contribution in [0.3, 0.4) is 0 Å². The average Bonchev–Trinajstić information content (AvgIpc) is 2.71. The lowest BCUT2D eigenvalue weighted by molar-refractivity contribution is -0.134. The molecule has 156 valence electrons. The normalized spacial score (nSPS) is 14.6. The van der Waals surface area contributed by atoms with Crippen molar-refractivity contribution in [3.63, 3.8) is 0 Å². The Bertz CT molecular complexity index is 841. The molecule has 2 heterocycles. The van der Waals surface area contributed by atoms with E-state index in [1.54, 1.807) is 7.11 Å². The van der Waals surface area contributed by atoms with Crippen LogP contribution < -0.4 is 4.90 Å². The summed E-state index contributed by atoms with van der Waals surface area (Å²) in [6.45, 7) is 11.4. The van der Waals surface area contributed by atoms with Gasteiger partial charge in [-0.05, 0) is 19.4 Å². The maximum atomic E-state index is 12.3. The number of nitrogens with zero attached hydrogens (tertiary/aromatic N) is 4. The van der Waals surface area contributed by atoms with Crippen LogP contribution in [0.4, 0.5) is 5.82 Å². The van der Waals surface area contributed by atoms with Gasteiger partial charge in [0.25, 0.3) is 0 Å². The van der Waals surface area contributed by atoms with E-state index in [0.717, 1.165) is 55.5 Å². The molecular weight excluding hydrogens is 364 g/mol. The summed E-state index contributed by atoms with van der Waals surface area (Å²) in [7, 11) is 1.70. The third kappa shape index (κ3) is 5.12. The summed E-state index contributed by atoms with van der Waals surface area (Å²) in [5.74, 6) is 1.99. The fraction of sp³-hybridized carbons (Fsp3) is 0.522. The highest BCUT2D eigenvalue weighted by Gasteiger charge is 2.26. The van der Waals surface area contributed by atoms with Crippen molar-refractivity contribution >= 4 is 11.7 Å². The van der Waals surface area contributed by atoms with E-state index in [2.05, 4.69) is 41.1 Å². The van der Waals surface area contributed by atoms with E-state index in [-0.39, 0.29) is 11.8 Å². The molecule has 1 amide bonds. The Kier molecular flexibility index (Phi) is 6.85. The van der Waals surface area contributed by atoms with Gasteiger partial charge in [-0.2, -0.15) is 0 Å². The number of aryl methyl sites for hydroxylation is 2. The molecule has 0 N–H and O–H groups in total. The third-order valence-corrected chi connectivity index (χ3v) is 5.35. The molecule has 0 aliphatic carbocycles. The number of methoxy groups -OCH3 is 1. The van der Waals surface area contributed by atoms with Crippen molar-refractivity contribution in [2.75, 3.05) is 38.2 Å². The van der Waals surface area contributed by atoms with Gasteiger partial charge in [0.2, 0.25) is 5.91 Å². The van der Waals surface area contributed by atoms with Crippen LogP contribution in [0.5, 0.6) is 0 Å². The number of anilines is 1. The van der Waals surface area contributed by atoms with Gasteiger partial charge in [-0.3, -0.25) is 4.79 Å². The maximum absolute atomic E-state index is 12.3. The van der Waals surface area contributed by atoms with Crippen LogP contribution in [-0.2, 0) is 22.6 Å². The van der Waals surface area contributed by atoms with Gasteiger partial charge in [0.05, 0.1) is 12.3 Å². The zero-order valence-electron chi connectivity index (χ0n) is 18.2. The van der Waals surface area contributed by atoms with Gasteiger partial charge < -0.3 is 14.5 Å². The van der Waals surface area contributed by atoms with Crippen molar-refractivity contribution in [1.29, 1.82) is 0 Å². The van der Waals surface area contributed by atoms with Gasteiger partial charge in [-0.25, -0.2) is 9.97 Å². The predicted octanol–water partition coefficient (Wildman–Crippen LogP) is 3.14. The molecular formula is C23H32N4O2. The standard InChI is InChI=1S/C23H32N4O2/c1-16(2)23(28)27-12-10-26(11-13-27)22-20(14-19-8-6-17(3)7-9-19)21(15-29-5)24-18(4)25-22/h6-9,16H,10-15H2,1-5H3. The van der Waals surface area contributed by atoms with Crippen molar-refractivity contribution in [2.45, 2.75) is 40.7 Å². The first-order valence-electron chi connectivity index (χ1n) is 10.3. The van der Waals surface area contributed by atoms with Crippen LogP contribution in [0.15, 0.2) is 24.3 Å². The number of benzene rings is 1. The van der Waals surface area contributed by atoms with E-state index in [1.807, 2.05) is 25.7 Å². The first kappa shape index (κ1) is 21.2. The molecule has 6 heteroatoms. The molecule has 29 heavy (non-hydrogen) atoms. The molecule has 1 aromatic heterocycles. The lowest BCUT2D eigenvalue weighted by Crippen LogP contribution is -2.50. The monoisotopic (exact) mass is 396 g/mol. The second kappa shape index (κ2) is 9.35. The van der Waals surface area contributed by atoms with Crippen LogP contribution in [0.2, 0.25) is 0 Å². The van der Waals surface area contributed by atoms with E-state index in [0.29, 0.717) is 6.61 Å². The summed E-state index contributed by atoms with van der Waals surface area (Å²) in [5, 5.41) is 0. The zero-order chi connectivity index (χ0) is 21.0. The van der Waals surface area contributed by atoms with Crippen LogP contribution in [0.1, 0.15) is 42.1 Å². The minimum Gasteiger partial charge on any atom is -0.378 e. The van der Waals surface area contributed by atoms with Crippen molar-refractivity contribution in [2.24, 2.45) is 5.92 Å². The summed E-state index contributed by atoms with van der Waals surface area (Å²) in [5.41, 5.74) is 4.54. The number of piperazine rings is 1. The average molecular weight is 397 g/mol. The first-order chi connectivity index (χ1) is 13.9. The molecule has 0 radical (unpaired) electrons. The topological polar surface area (TPSA) is 58.6 Å². The Morgan fingerprint density at radius 3 is 2.31 bits per heavy atom. The quantitative estimate of drug-likeness (QED) is 0.751. The maximum Gasteiger partial charge on any atom is 0.225 e. The number of rotatable bonds is 6. The Labute approximate surface area is 173 Å². The number of carbonyl (C=O) groups is 1. The molecule has 0 spiro atoms. The fourth-order valence-corrected chi connectivity index (χ4v) is 3.75. The molecule has 0 bridgehead atoms. The van der Waals surface area contributed by atoms with E-state index in [9.17, 15) is 4.79 Å². The Balaban J connectivity index is 1.89. The first-order valence-corrected chi connectivity index (χ1v) is 10.3. The van der Waals surface area contributed by atoms with Crippen molar-refractivity contribution in [1.82, 2.24) is 14.9 Å². The van der Waals surface area contributed by atoms with Gasteiger partial charge in [0.1, 0.15) is 11.6 Å². The fourth-order valence-electron chi connectivity index (χ4n) is 3.75. The molecule has 3 rings (SSSR count). The largest absolute Gasteiger partial charge is 0.378 e. The SMILES string of the molecule is COCc1nc(C)nc(N2CCN(C(=O)C(C)C)CC2)c1Cc1ccc(C)cc1. The van der Waals surface area contributed by atoms with Crippen LogP contribution in [0, 0.1) is 19.8 Å². The highest BCUT2D eigenvalue weighted by atomic mass is 16.5. The van der Waals surface area contributed by atoms with Gasteiger partial charge in [0.15, 0.2) is 0 Å². The number of hydrogen-bond donors (Lipinski definition) is 0. The summed E-state index contributed by atoms with van der Waals surface area (Å²) >= 11 is 0. The lowest BCUT2D eigenvalue weighted by Gasteiger charge is -2.37. The second-order valence-electron chi connectivity index (χ2n) is 8.08. The number of amides is 1. The van der Waals surface area contributed by atoms with Gasteiger partial charge in [0, 0.05) is 51.2 Å². The molecule has 2 aromatic rings. The summed E-state index contributed by atoms with van der Waals surface area (Å²) in [6.07, 6.45) is 0.764. The van der Waals surface area contributed by atoms with Crippen LogP contribution >= 0.6 is 0 Å². The number of carbonyl (C=O) groups excluding carboxylic acids is 1. The van der Waals surface area contributed by atoms with Crippen LogP contribution in [-0.4, -0.2) is 54.1 Å². The molecule has 1 aliphatic heterocycles. The zero-order valence-corrected chi connectivity index (χ0v) is 18.2. The summed E-state index contributed by atoms with van der Waals surface area (Å²) < 4.78 is 5.44. The minimum absolute atomic E-state index is 0.0354. The molecule has 6 nitrogen and oxygen atoms in total. The Morgan fingerprint density at radius 1 is 1.07 bits per heavy atom. The highest BCUT2D eigenvalue weighted by molar-refractivity contribution is 5.78. The van der Waals surface area contributed by atoms with Gasteiger partial charge in [-0.15, -0.1) is 0 Å². The predicted molar refractivity (Wildman–Crippen MR) is 115 cm³/mol. The second-order valence-corrected chi connectivity index (χ2v) is 8.08. The van der Waals surface area contributed by atoms with E-state index < -0.39 is 0 Å². The number of aromatic nitrogens is 2. The van der Waals surface area contributed by atoms with Gasteiger partial charge >= 0.3 is 0 Å². The molecule has 1 fully saturated rings. The van der Waals surface area contributed by atoms with Gasteiger partial charge in [-0.1, -0.05) is 43.7 Å². The Morgan fingerprint density at radius 2 is 1.72 bits per heavy atom. The van der Waals surface area contributed by atoms with Crippen molar-refractivity contribution < 1.29 is 9.53 Å².